The summed E-state index contributed by atoms with van der Waals surface area (Å²) in [5, 5.41) is 3.54. The standard InChI is InChI=1S/C19H41N5.HI/c1-8-23-13-9-11-18(23)15-22(7)19(20-6)21-12-10-14-24(16(2)3)17(4)5;/h16-18H,8-15H2,1-7H3,(H,20,21);1H. The molecule has 1 aliphatic heterocycles. The molecule has 0 bridgehead atoms. The van der Waals surface area contributed by atoms with Crippen LogP contribution < -0.4 is 5.32 Å². The monoisotopic (exact) mass is 467 g/mol. The molecule has 6 heteroatoms. The van der Waals surface area contributed by atoms with Crippen molar-refractivity contribution in [1.29, 1.82) is 0 Å². The van der Waals surface area contributed by atoms with Crippen LogP contribution in [0.25, 0.3) is 0 Å². The first-order valence-electron chi connectivity index (χ1n) is 9.82. The molecule has 25 heavy (non-hydrogen) atoms. The molecule has 1 fully saturated rings. The van der Waals surface area contributed by atoms with Crippen molar-refractivity contribution in [3.8, 4) is 0 Å². The van der Waals surface area contributed by atoms with E-state index >= 15 is 0 Å². The highest BCUT2D eigenvalue weighted by Crippen LogP contribution is 2.17. The van der Waals surface area contributed by atoms with Crippen LogP contribution in [0, 0.1) is 0 Å². The van der Waals surface area contributed by atoms with Gasteiger partial charge in [-0.2, -0.15) is 0 Å². The van der Waals surface area contributed by atoms with Gasteiger partial charge in [0.2, 0.25) is 0 Å². The lowest BCUT2D eigenvalue weighted by Gasteiger charge is -2.31. The summed E-state index contributed by atoms with van der Waals surface area (Å²) in [4.78, 5) is 11.9. The van der Waals surface area contributed by atoms with Crippen molar-refractivity contribution in [2.45, 2.75) is 72.0 Å². The number of guanidine groups is 1. The first-order chi connectivity index (χ1) is 11.4. The van der Waals surface area contributed by atoms with E-state index in [0.717, 1.165) is 38.6 Å². The van der Waals surface area contributed by atoms with Gasteiger partial charge in [-0.3, -0.25) is 14.8 Å². The van der Waals surface area contributed by atoms with Crippen molar-refractivity contribution in [2.24, 2.45) is 4.99 Å². The Morgan fingerprint density at radius 1 is 1.24 bits per heavy atom. The fourth-order valence-corrected chi connectivity index (χ4v) is 3.88. The van der Waals surface area contributed by atoms with Gasteiger partial charge in [-0.15, -0.1) is 24.0 Å². The third-order valence-corrected chi connectivity index (χ3v) is 5.17. The summed E-state index contributed by atoms with van der Waals surface area (Å²) in [6.07, 6.45) is 3.79. The largest absolute Gasteiger partial charge is 0.356 e. The molecule has 0 aromatic carbocycles. The van der Waals surface area contributed by atoms with Gasteiger partial charge in [0.05, 0.1) is 0 Å². The van der Waals surface area contributed by atoms with Crippen LogP contribution in [0.1, 0.15) is 53.9 Å². The van der Waals surface area contributed by atoms with Gasteiger partial charge < -0.3 is 10.2 Å². The number of aliphatic imine (C=N–C) groups is 1. The first-order valence-corrected chi connectivity index (χ1v) is 9.82. The zero-order valence-corrected chi connectivity index (χ0v) is 19.9. The Morgan fingerprint density at radius 3 is 2.40 bits per heavy atom. The highest BCUT2D eigenvalue weighted by atomic mass is 127. The van der Waals surface area contributed by atoms with Crippen molar-refractivity contribution in [1.82, 2.24) is 20.0 Å². The Hall–Kier alpha value is -0.0800. The number of halogens is 1. The van der Waals surface area contributed by atoms with Crippen molar-refractivity contribution >= 4 is 29.9 Å². The van der Waals surface area contributed by atoms with E-state index in [4.69, 9.17) is 0 Å². The second-order valence-electron chi connectivity index (χ2n) is 7.56. The molecule has 0 radical (unpaired) electrons. The molecule has 5 nitrogen and oxygen atoms in total. The van der Waals surface area contributed by atoms with Gasteiger partial charge >= 0.3 is 0 Å². The Labute approximate surface area is 173 Å². The third-order valence-electron chi connectivity index (χ3n) is 5.17. The normalized spacial score (nSPS) is 19.0. The fourth-order valence-electron chi connectivity index (χ4n) is 3.88. The SMILES string of the molecule is CCN1CCCC1CN(C)C(=NC)NCCCN(C(C)C)C(C)C.I. The molecule has 1 aliphatic rings. The molecule has 1 N–H and O–H groups in total. The van der Waals surface area contributed by atoms with Crippen molar-refractivity contribution in [3.63, 3.8) is 0 Å². The maximum absolute atomic E-state index is 4.47. The maximum atomic E-state index is 4.47. The van der Waals surface area contributed by atoms with Crippen molar-refractivity contribution < 1.29 is 0 Å². The molecular weight excluding hydrogens is 425 g/mol. The topological polar surface area (TPSA) is 34.1 Å². The summed E-state index contributed by atoms with van der Waals surface area (Å²) < 4.78 is 0. The van der Waals surface area contributed by atoms with Gasteiger partial charge in [-0.1, -0.05) is 6.92 Å². The summed E-state index contributed by atoms with van der Waals surface area (Å²) in [6, 6.07) is 1.89. The number of rotatable bonds is 9. The number of nitrogens with one attached hydrogen (secondary N) is 1. The molecule has 1 saturated heterocycles. The van der Waals surface area contributed by atoms with Gasteiger partial charge in [-0.05, 0) is 60.0 Å². The first kappa shape index (κ1) is 24.9. The quantitative estimate of drug-likeness (QED) is 0.245. The van der Waals surface area contributed by atoms with E-state index in [1.54, 1.807) is 0 Å². The van der Waals surface area contributed by atoms with Crippen LogP contribution in [0.2, 0.25) is 0 Å². The summed E-state index contributed by atoms with van der Waals surface area (Å²) in [6.45, 7) is 17.0. The second-order valence-corrected chi connectivity index (χ2v) is 7.56. The lowest BCUT2D eigenvalue weighted by Crippen LogP contribution is -2.46. The second kappa shape index (κ2) is 13.1. The van der Waals surface area contributed by atoms with Crippen molar-refractivity contribution in [2.75, 3.05) is 46.8 Å². The fraction of sp³-hybridized carbons (Fsp3) is 0.947. The predicted octanol–water partition coefficient (Wildman–Crippen LogP) is 3.10. The number of hydrogen-bond donors (Lipinski definition) is 1. The highest BCUT2D eigenvalue weighted by Gasteiger charge is 2.24. The number of likely N-dealkylation sites (tertiary alicyclic amines) is 1. The molecule has 0 saturated carbocycles. The van der Waals surface area contributed by atoms with E-state index in [1.165, 1.54) is 19.4 Å². The molecule has 0 spiro atoms. The minimum atomic E-state index is 0. The minimum Gasteiger partial charge on any atom is -0.356 e. The van der Waals surface area contributed by atoms with Gasteiger partial charge in [-0.25, -0.2) is 0 Å². The molecule has 1 unspecified atom stereocenters. The average molecular weight is 467 g/mol. The van der Waals surface area contributed by atoms with Gasteiger partial charge in [0.25, 0.3) is 0 Å². The summed E-state index contributed by atoms with van der Waals surface area (Å²) in [5.74, 6) is 1.03. The Bertz CT molecular complexity index is 365. The molecule has 0 aromatic rings. The molecule has 150 valence electrons. The van der Waals surface area contributed by atoms with E-state index < -0.39 is 0 Å². The van der Waals surface area contributed by atoms with E-state index in [0.29, 0.717) is 18.1 Å². The van der Waals surface area contributed by atoms with E-state index in [9.17, 15) is 0 Å². The lowest BCUT2D eigenvalue weighted by atomic mass is 10.2. The van der Waals surface area contributed by atoms with E-state index in [-0.39, 0.29) is 24.0 Å². The smallest absolute Gasteiger partial charge is 0.193 e. The maximum Gasteiger partial charge on any atom is 0.193 e. The Kier molecular flexibility index (Phi) is 13.1. The minimum absolute atomic E-state index is 0. The van der Waals surface area contributed by atoms with Crippen LogP contribution in [-0.4, -0.2) is 85.6 Å². The molecule has 0 aliphatic carbocycles. The Morgan fingerprint density at radius 2 is 1.88 bits per heavy atom. The predicted molar refractivity (Wildman–Crippen MR) is 121 cm³/mol. The zero-order valence-electron chi connectivity index (χ0n) is 17.6. The van der Waals surface area contributed by atoms with Crippen LogP contribution in [0.3, 0.4) is 0 Å². The summed E-state index contributed by atoms with van der Waals surface area (Å²) in [7, 11) is 4.05. The van der Waals surface area contributed by atoms with Crippen LogP contribution in [0.4, 0.5) is 0 Å². The van der Waals surface area contributed by atoms with Crippen LogP contribution >= 0.6 is 24.0 Å². The molecule has 0 aromatic heterocycles. The zero-order chi connectivity index (χ0) is 18.1. The third kappa shape index (κ3) is 8.43. The molecule has 1 heterocycles. The van der Waals surface area contributed by atoms with Crippen LogP contribution in [0.15, 0.2) is 4.99 Å². The molecular formula is C19H42IN5. The van der Waals surface area contributed by atoms with Crippen LogP contribution in [0.5, 0.6) is 0 Å². The van der Waals surface area contributed by atoms with Gasteiger partial charge in [0, 0.05) is 51.9 Å². The highest BCUT2D eigenvalue weighted by molar-refractivity contribution is 14.0. The summed E-state index contributed by atoms with van der Waals surface area (Å²) >= 11 is 0. The Balaban J connectivity index is 0.00000576. The summed E-state index contributed by atoms with van der Waals surface area (Å²) in [5.41, 5.74) is 0. The van der Waals surface area contributed by atoms with Gasteiger partial charge in [0.15, 0.2) is 5.96 Å². The van der Waals surface area contributed by atoms with Crippen molar-refractivity contribution in [3.05, 3.63) is 0 Å². The molecule has 1 atom stereocenters. The van der Waals surface area contributed by atoms with E-state index in [1.807, 2.05) is 7.05 Å². The number of likely N-dealkylation sites (N-methyl/N-ethyl adjacent to an activating group) is 2. The number of nitrogens with zero attached hydrogens (tertiary/aromatic N) is 4. The van der Waals surface area contributed by atoms with Crippen LogP contribution in [-0.2, 0) is 0 Å². The lowest BCUT2D eigenvalue weighted by molar-refractivity contribution is 0.173. The number of hydrogen-bond acceptors (Lipinski definition) is 3. The molecule has 1 rings (SSSR count). The average Bonchev–Trinajstić information content (AvgIpc) is 2.97. The molecule has 0 amide bonds. The van der Waals surface area contributed by atoms with E-state index in [2.05, 4.69) is 66.7 Å². The van der Waals surface area contributed by atoms with Gasteiger partial charge in [0.1, 0.15) is 0 Å².